The number of thiol groups is 2. The van der Waals surface area contributed by atoms with Gasteiger partial charge in [0.2, 0.25) is 0 Å². The van der Waals surface area contributed by atoms with Crippen LogP contribution in [0, 0.1) is 3.57 Å². The molecular formula is C21H25IO6S2. The average molecular weight is 564 g/mol. The van der Waals surface area contributed by atoms with Crippen molar-refractivity contribution in [2.75, 3.05) is 0 Å². The number of hydrogen-bond acceptors (Lipinski definition) is 7. The molecule has 164 valence electrons. The monoisotopic (exact) mass is 564 g/mol. The van der Waals surface area contributed by atoms with Crippen LogP contribution in [0.15, 0.2) is 66.8 Å². The number of aromatic hydroxyl groups is 1. The zero-order valence-corrected chi connectivity index (χ0v) is 20.8. The molecule has 0 bridgehead atoms. The molecule has 0 spiro atoms. The Morgan fingerprint density at radius 2 is 1.43 bits per heavy atom. The van der Waals surface area contributed by atoms with Crippen molar-refractivity contribution in [1.29, 1.82) is 0 Å². The number of phenolic OH excluding ortho intramolecular Hbond substituents is 1. The molecule has 2 aromatic carbocycles. The molecule has 0 heterocycles. The number of hydrogen-bond donors (Lipinski definition) is 4. The predicted octanol–water partition coefficient (Wildman–Crippen LogP) is 6.12. The molecule has 0 unspecified atom stereocenters. The Morgan fingerprint density at radius 1 is 1.03 bits per heavy atom. The average Bonchev–Trinajstić information content (AvgIpc) is 2.68. The molecule has 0 radical (unpaired) electrons. The van der Waals surface area contributed by atoms with Crippen LogP contribution in [-0.4, -0.2) is 22.7 Å². The van der Waals surface area contributed by atoms with E-state index in [0.717, 1.165) is 20.4 Å². The molecule has 0 saturated heterocycles. The second-order valence-corrected chi connectivity index (χ2v) is 7.33. The number of carboxylic acids is 1. The van der Waals surface area contributed by atoms with Crippen molar-refractivity contribution < 1.29 is 28.2 Å². The summed E-state index contributed by atoms with van der Waals surface area (Å²) in [5.41, 5.74) is 3.48. The lowest BCUT2D eigenvalue weighted by Gasteiger charge is -2.05. The Labute approximate surface area is 202 Å². The normalized spacial score (nSPS) is 8.47. The maximum Gasteiger partial charge on any atom is 0.330 e. The van der Waals surface area contributed by atoms with Crippen LogP contribution >= 0.6 is 48.4 Å². The number of carbonyl (C=O) groups is 2. The summed E-state index contributed by atoms with van der Waals surface area (Å²) in [5.74, 6) is 0.0789. The number of halogens is 1. The summed E-state index contributed by atoms with van der Waals surface area (Å²) < 4.78 is 9.46. The molecule has 0 aliphatic carbocycles. The molecule has 9 heteroatoms. The Bertz CT molecular complexity index is 807. The maximum atomic E-state index is 9.60. The van der Waals surface area contributed by atoms with E-state index in [1.165, 1.54) is 12.5 Å². The van der Waals surface area contributed by atoms with E-state index in [0.29, 0.717) is 0 Å². The van der Waals surface area contributed by atoms with Gasteiger partial charge in [0, 0.05) is 31.4 Å². The summed E-state index contributed by atoms with van der Waals surface area (Å²) in [4.78, 5) is 18.5. The molecule has 0 fully saturated rings. The van der Waals surface area contributed by atoms with E-state index < -0.39 is 5.97 Å². The van der Waals surface area contributed by atoms with Gasteiger partial charge in [0.1, 0.15) is 11.5 Å². The van der Waals surface area contributed by atoms with E-state index in [2.05, 4.69) is 65.8 Å². The molecule has 0 atom stereocenters. The van der Waals surface area contributed by atoms with Gasteiger partial charge in [-0.05, 0) is 78.8 Å². The van der Waals surface area contributed by atoms with E-state index in [4.69, 9.17) is 14.1 Å². The van der Waals surface area contributed by atoms with Crippen molar-refractivity contribution in [3.8, 4) is 22.6 Å². The van der Waals surface area contributed by atoms with Crippen molar-refractivity contribution >= 4 is 60.9 Å². The van der Waals surface area contributed by atoms with Crippen molar-refractivity contribution in [3.05, 3.63) is 70.3 Å². The third-order valence-corrected chi connectivity index (χ3v) is 3.76. The molecular weight excluding hydrogens is 539 g/mol. The van der Waals surface area contributed by atoms with E-state index in [1.54, 1.807) is 12.1 Å². The van der Waals surface area contributed by atoms with E-state index in [-0.39, 0.29) is 17.8 Å². The molecule has 2 N–H and O–H groups in total. The molecule has 2 rings (SSSR count). The van der Waals surface area contributed by atoms with Gasteiger partial charge in [-0.15, -0.1) is 6.58 Å². The Balaban J connectivity index is 0. The minimum Gasteiger partial charge on any atom is -0.508 e. The molecule has 0 aliphatic heterocycles. The van der Waals surface area contributed by atoms with Crippen LogP contribution in [0.3, 0.4) is 0 Å². The first-order valence-corrected chi connectivity index (χ1v) is 9.96. The summed E-state index contributed by atoms with van der Waals surface area (Å²) in [7, 11) is 0. The van der Waals surface area contributed by atoms with Crippen molar-refractivity contribution in [3.63, 3.8) is 0 Å². The number of benzene rings is 2. The second kappa shape index (κ2) is 17.7. The molecule has 0 saturated carbocycles. The summed E-state index contributed by atoms with van der Waals surface area (Å²) >= 11 is 9.03. The van der Waals surface area contributed by atoms with Gasteiger partial charge in [-0.2, -0.15) is 0 Å². The number of phenols is 1. The van der Waals surface area contributed by atoms with Crippen molar-refractivity contribution in [2.45, 2.75) is 20.8 Å². The zero-order chi connectivity index (χ0) is 23.7. The number of carbonyl (C=O) groups excluding carboxylic acids is 1. The van der Waals surface area contributed by atoms with Gasteiger partial charge in [0.05, 0.1) is 3.57 Å². The van der Waals surface area contributed by atoms with Gasteiger partial charge in [0.25, 0.3) is 0 Å². The molecule has 0 aliphatic rings. The summed E-state index contributed by atoms with van der Waals surface area (Å²) in [6, 6.07) is 12.9. The second-order valence-electron chi connectivity index (χ2n) is 5.78. The quantitative estimate of drug-likeness (QED) is 0.0893. The highest BCUT2D eigenvalue weighted by Gasteiger charge is 2.03. The standard InChI is InChI=1S/C12H9IO2S.C4H6O2.C4H8.CH2O2S/c13-11-7-9(3-6-12(11)15-16)8-1-4-10(14)5-2-8;1-3(2)4(5)6;1-4(2)3;2-1-3-4/h1-7,14,16H;1H2,2H3,(H,5,6);1H2,2-3H3;1,4H. The predicted molar refractivity (Wildman–Crippen MR) is 135 cm³/mol. The SMILES string of the molecule is C=C(C)C.C=C(C)C(=O)O.O=COS.Oc1ccc(-c2ccc(OS)c(I)c2)cc1. The highest BCUT2D eigenvalue weighted by Crippen LogP contribution is 2.29. The van der Waals surface area contributed by atoms with Crippen LogP contribution in [0.4, 0.5) is 0 Å². The number of carboxylic acid groups (broad SMARTS) is 1. The van der Waals surface area contributed by atoms with Crippen LogP contribution in [0.1, 0.15) is 20.8 Å². The van der Waals surface area contributed by atoms with Crippen LogP contribution in [0.5, 0.6) is 11.5 Å². The Kier molecular flexibility index (Phi) is 17.8. The smallest absolute Gasteiger partial charge is 0.330 e. The number of aliphatic carboxylic acids is 1. The largest absolute Gasteiger partial charge is 0.508 e. The first kappa shape index (κ1) is 30.1. The lowest BCUT2D eigenvalue weighted by atomic mass is 10.1. The van der Waals surface area contributed by atoms with Gasteiger partial charge < -0.3 is 18.6 Å². The third kappa shape index (κ3) is 15.8. The van der Waals surface area contributed by atoms with Gasteiger partial charge in [-0.25, -0.2) is 4.79 Å². The molecule has 0 amide bonds. The zero-order valence-electron chi connectivity index (χ0n) is 16.8. The minimum absolute atomic E-state index is 0.176. The topological polar surface area (TPSA) is 93.1 Å². The highest BCUT2D eigenvalue weighted by molar-refractivity contribution is 14.1. The lowest BCUT2D eigenvalue weighted by Crippen LogP contribution is -1.92. The fourth-order valence-electron chi connectivity index (χ4n) is 1.41. The number of allylic oxidation sites excluding steroid dienone is 1. The molecule has 0 aromatic heterocycles. The van der Waals surface area contributed by atoms with Crippen LogP contribution in [0.2, 0.25) is 0 Å². The first-order valence-electron chi connectivity index (χ1n) is 8.15. The van der Waals surface area contributed by atoms with E-state index in [1.807, 2.05) is 44.2 Å². The van der Waals surface area contributed by atoms with E-state index >= 15 is 0 Å². The lowest BCUT2D eigenvalue weighted by molar-refractivity contribution is -0.132. The maximum absolute atomic E-state index is 9.60. The molecule has 2 aromatic rings. The van der Waals surface area contributed by atoms with Crippen molar-refractivity contribution in [2.24, 2.45) is 0 Å². The van der Waals surface area contributed by atoms with E-state index in [9.17, 15) is 9.90 Å². The minimum atomic E-state index is -0.935. The fraction of sp³-hybridized carbons (Fsp3) is 0.143. The summed E-state index contributed by atoms with van der Waals surface area (Å²) in [6.07, 6.45) is 0. The van der Waals surface area contributed by atoms with Gasteiger partial charge in [-0.1, -0.05) is 30.4 Å². The van der Waals surface area contributed by atoms with Gasteiger partial charge >= 0.3 is 12.4 Å². The van der Waals surface area contributed by atoms with Crippen LogP contribution in [-0.2, 0) is 13.8 Å². The van der Waals surface area contributed by atoms with Gasteiger partial charge in [0.15, 0.2) is 0 Å². The van der Waals surface area contributed by atoms with Crippen LogP contribution < -0.4 is 4.18 Å². The fourth-order valence-corrected chi connectivity index (χ4v) is 2.37. The third-order valence-electron chi connectivity index (χ3n) is 2.64. The molecule has 6 nitrogen and oxygen atoms in total. The van der Waals surface area contributed by atoms with Gasteiger partial charge in [-0.3, -0.25) is 4.79 Å². The first-order chi connectivity index (χ1) is 14.0. The Morgan fingerprint density at radius 3 is 1.73 bits per heavy atom. The highest BCUT2D eigenvalue weighted by atomic mass is 127. The van der Waals surface area contributed by atoms with Crippen molar-refractivity contribution in [1.82, 2.24) is 0 Å². The number of rotatable bonds is 4. The molecule has 30 heavy (non-hydrogen) atoms. The summed E-state index contributed by atoms with van der Waals surface area (Å²) in [6.45, 7) is 12.3. The van der Waals surface area contributed by atoms with Crippen LogP contribution in [0.25, 0.3) is 11.1 Å². The summed E-state index contributed by atoms with van der Waals surface area (Å²) in [5, 5.41) is 17.1. The Hall–Kier alpha value is -2.11.